The Hall–Kier alpha value is -2.34. The molecule has 0 unspecified atom stereocenters. The van der Waals surface area contributed by atoms with Crippen molar-refractivity contribution in [2.75, 3.05) is 0 Å². The van der Waals surface area contributed by atoms with E-state index in [1.54, 1.807) is 38.4 Å². The van der Waals surface area contributed by atoms with Crippen LogP contribution >= 0.6 is 0 Å². The van der Waals surface area contributed by atoms with Gasteiger partial charge in [0.15, 0.2) is 0 Å². The van der Waals surface area contributed by atoms with Gasteiger partial charge in [0.2, 0.25) is 0 Å². The molecule has 0 heteroatoms. The SMILES string of the molecule is c1ccc2c(c1)ccc1c3c4c(ccc5c4c(c12)CC5)CC3. The predicted molar refractivity (Wildman–Crippen MR) is 93.8 cm³/mol. The van der Waals surface area contributed by atoms with Crippen LogP contribution in [0.2, 0.25) is 0 Å². The van der Waals surface area contributed by atoms with Crippen LogP contribution in [-0.4, -0.2) is 0 Å². The van der Waals surface area contributed by atoms with E-state index in [1.807, 2.05) is 0 Å². The monoisotopic (exact) mass is 280 g/mol. The largest absolute Gasteiger partial charge is 0.0616 e. The molecule has 0 radical (unpaired) electrons. The van der Waals surface area contributed by atoms with E-state index < -0.39 is 0 Å². The molecule has 0 aromatic heterocycles. The first-order valence-electron chi connectivity index (χ1n) is 8.31. The molecular weight excluding hydrogens is 264 g/mol. The van der Waals surface area contributed by atoms with Crippen molar-refractivity contribution in [1.82, 2.24) is 0 Å². The van der Waals surface area contributed by atoms with Crippen LogP contribution < -0.4 is 0 Å². The molecule has 6 rings (SSSR count). The molecule has 2 aliphatic carbocycles. The van der Waals surface area contributed by atoms with Gasteiger partial charge >= 0.3 is 0 Å². The number of hydrogen-bond donors (Lipinski definition) is 0. The van der Waals surface area contributed by atoms with E-state index in [0.717, 1.165) is 0 Å². The third-order valence-corrected chi connectivity index (χ3v) is 5.83. The first-order chi connectivity index (χ1) is 10.9. The van der Waals surface area contributed by atoms with Crippen molar-refractivity contribution in [3.05, 3.63) is 70.8 Å². The van der Waals surface area contributed by atoms with Crippen LogP contribution in [0, 0.1) is 0 Å². The number of hydrogen-bond acceptors (Lipinski definition) is 0. The van der Waals surface area contributed by atoms with Gasteiger partial charge in [0.25, 0.3) is 0 Å². The van der Waals surface area contributed by atoms with E-state index in [1.165, 1.54) is 41.8 Å². The summed E-state index contributed by atoms with van der Waals surface area (Å²) in [5, 5.41) is 9.08. The van der Waals surface area contributed by atoms with Gasteiger partial charge in [-0.2, -0.15) is 0 Å². The molecule has 4 aromatic rings. The normalized spacial score (nSPS) is 15.5. The summed E-state index contributed by atoms with van der Waals surface area (Å²) < 4.78 is 0. The second kappa shape index (κ2) is 3.70. The summed E-state index contributed by atoms with van der Waals surface area (Å²) in [6.07, 6.45) is 4.86. The molecular formula is C22H16. The lowest BCUT2D eigenvalue weighted by Crippen LogP contribution is -1.90. The topological polar surface area (TPSA) is 0 Å². The Labute approximate surface area is 129 Å². The van der Waals surface area contributed by atoms with Crippen molar-refractivity contribution in [3.63, 3.8) is 0 Å². The van der Waals surface area contributed by atoms with Crippen molar-refractivity contribution in [3.8, 4) is 0 Å². The highest BCUT2D eigenvalue weighted by molar-refractivity contribution is 6.18. The minimum Gasteiger partial charge on any atom is -0.0616 e. The van der Waals surface area contributed by atoms with Gasteiger partial charge in [0.05, 0.1) is 0 Å². The smallest absolute Gasteiger partial charge is 0.00639 e. The fourth-order valence-corrected chi connectivity index (χ4v) is 4.93. The highest BCUT2D eigenvalue weighted by Crippen LogP contribution is 2.46. The summed E-state index contributed by atoms with van der Waals surface area (Å²) in [4.78, 5) is 0. The Bertz CT molecular complexity index is 1120. The van der Waals surface area contributed by atoms with Crippen LogP contribution in [0.4, 0.5) is 0 Å². The molecule has 0 nitrogen and oxygen atoms in total. The van der Waals surface area contributed by atoms with Gasteiger partial charge in [0, 0.05) is 0 Å². The minimum atomic E-state index is 1.21. The molecule has 0 aliphatic heterocycles. The molecule has 2 aliphatic rings. The van der Waals surface area contributed by atoms with Crippen LogP contribution in [0.15, 0.2) is 48.5 Å². The van der Waals surface area contributed by atoms with Crippen LogP contribution in [0.5, 0.6) is 0 Å². The molecule has 0 saturated heterocycles. The van der Waals surface area contributed by atoms with Crippen LogP contribution in [0.25, 0.3) is 32.3 Å². The van der Waals surface area contributed by atoms with Gasteiger partial charge in [-0.25, -0.2) is 0 Å². The molecule has 0 spiro atoms. The highest BCUT2D eigenvalue weighted by atomic mass is 14.3. The van der Waals surface area contributed by atoms with Crippen molar-refractivity contribution in [1.29, 1.82) is 0 Å². The summed E-state index contributed by atoms with van der Waals surface area (Å²) in [5.74, 6) is 0. The van der Waals surface area contributed by atoms with E-state index in [2.05, 4.69) is 48.5 Å². The van der Waals surface area contributed by atoms with Gasteiger partial charge in [-0.15, -0.1) is 0 Å². The molecule has 0 N–H and O–H groups in total. The average molecular weight is 280 g/mol. The summed E-state index contributed by atoms with van der Waals surface area (Å²) in [5.41, 5.74) is 6.38. The quantitative estimate of drug-likeness (QED) is 0.301. The third kappa shape index (κ3) is 1.17. The Balaban J connectivity index is 2.00. The van der Waals surface area contributed by atoms with Crippen LogP contribution in [0.3, 0.4) is 0 Å². The van der Waals surface area contributed by atoms with Gasteiger partial charge < -0.3 is 0 Å². The van der Waals surface area contributed by atoms with Crippen molar-refractivity contribution in [2.45, 2.75) is 25.7 Å². The number of fused-ring (bicyclic) bond motifs is 5. The first-order valence-corrected chi connectivity index (χ1v) is 8.31. The zero-order chi connectivity index (χ0) is 14.3. The van der Waals surface area contributed by atoms with E-state index in [9.17, 15) is 0 Å². The Morgan fingerprint density at radius 1 is 0.500 bits per heavy atom. The Morgan fingerprint density at radius 2 is 1.23 bits per heavy atom. The fraction of sp³-hybridized carbons (Fsp3) is 0.182. The third-order valence-electron chi connectivity index (χ3n) is 5.83. The maximum Gasteiger partial charge on any atom is -0.00639 e. The lowest BCUT2D eigenvalue weighted by atomic mass is 9.90. The maximum absolute atomic E-state index is 2.39. The molecule has 0 amide bonds. The predicted octanol–water partition coefficient (Wildman–Crippen LogP) is 5.34. The minimum absolute atomic E-state index is 1.21. The van der Waals surface area contributed by atoms with E-state index in [-0.39, 0.29) is 0 Å². The molecule has 0 saturated carbocycles. The van der Waals surface area contributed by atoms with Crippen LogP contribution in [-0.2, 0) is 25.7 Å². The number of rotatable bonds is 0. The lowest BCUT2D eigenvalue weighted by Gasteiger charge is -2.13. The van der Waals surface area contributed by atoms with Crippen molar-refractivity contribution >= 4 is 32.3 Å². The molecule has 4 aromatic carbocycles. The lowest BCUT2D eigenvalue weighted by molar-refractivity contribution is 1.02. The summed E-state index contributed by atoms with van der Waals surface area (Å²) in [7, 11) is 0. The zero-order valence-electron chi connectivity index (χ0n) is 12.4. The highest BCUT2D eigenvalue weighted by Gasteiger charge is 2.26. The van der Waals surface area contributed by atoms with E-state index in [0.29, 0.717) is 0 Å². The van der Waals surface area contributed by atoms with Gasteiger partial charge in [-0.1, -0.05) is 48.5 Å². The van der Waals surface area contributed by atoms with E-state index >= 15 is 0 Å². The standard InChI is InChI=1S/C22H16/c1-2-4-16-13(3-1)7-10-18-17-11-8-14-5-6-15-9-12-19(22(16)18)21(15)20(14)17/h1-7,10H,8-9,11-12H2. The van der Waals surface area contributed by atoms with E-state index in [4.69, 9.17) is 0 Å². The summed E-state index contributed by atoms with van der Waals surface area (Å²) >= 11 is 0. The van der Waals surface area contributed by atoms with Crippen molar-refractivity contribution < 1.29 is 0 Å². The first kappa shape index (κ1) is 11.3. The zero-order valence-corrected chi connectivity index (χ0v) is 12.4. The van der Waals surface area contributed by atoms with Crippen molar-refractivity contribution in [2.24, 2.45) is 0 Å². The molecule has 0 heterocycles. The maximum atomic E-state index is 2.39. The second-order valence-corrected chi connectivity index (χ2v) is 6.80. The fourth-order valence-electron chi connectivity index (χ4n) is 4.93. The molecule has 0 atom stereocenters. The van der Waals surface area contributed by atoms with Gasteiger partial charge in [0.1, 0.15) is 0 Å². The Kier molecular flexibility index (Phi) is 1.89. The summed E-state index contributed by atoms with van der Waals surface area (Å²) in [6, 6.07) is 18.4. The molecule has 104 valence electrons. The molecule has 0 fully saturated rings. The summed E-state index contributed by atoms with van der Waals surface area (Å²) in [6.45, 7) is 0. The van der Waals surface area contributed by atoms with Crippen LogP contribution in [0.1, 0.15) is 22.3 Å². The van der Waals surface area contributed by atoms with Gasteiger partial charge in [-0.3, -0.25) is 0 Å². The average Bonchev–Trinajstić information content (AvgIpc) is 3.17. The molecule has 22 heavy (non-hydrogen) atoms. The number of benzene rings is 4. The second-order valence-electron chi connectivity index (χ2n) is 6.80. The number of aryl methyl sites for hydroxylation is 4. The van der Waals surface area contributed by atoms with Gasteiger partial charge in [-0.05, 0) is 80.3 Å². The Morgan fingerprint density at radius 3 is 2.09 bits per heavy atom. The molecule has 0 bridgehead atoms.